The van der Waals surface area contributed by atoms with Crippen LogP contribution in [-0.4, -0.2) is 80.8 Å². The van der Waals surface area contributed by atoms with Crippen LogP contribution in [0.1, 0.15) is 60.4 Å². The summed E-state index contributed by atoms with van der Waals surface area (Å²) in [5, 5.41) is 11.5. The normalized spacial score (nSPS) is 18.9. The summed E-state index contributed by atoms with van der Waals surface area (Å²) in [5.74, 6) is 0.652. The zero-order valence-electron chi connectivity index (χ0n) is 22.5. The molecule has 1 saturated carbocycles. The average molecular weight is 512 g/mol. The van der Waals surface area contributed by atoms with Crippen LogP contribution in [0.2, 0.25) is 0 Å². The first kappa shape index (κ1) is 27.4. The third-order valence-electron chi connectivity index (χ3n) is 8.15. The molecule has 0 bridgehead atoms. The minimum atomic E-state index is -0.375. The maximum Gasteiger partial charge on any atom is 0.253 e. The fourth-order valence-corrected chi connectivity index (χ4v) is 5.92. The Balaban J connectivity index is 1.41. The second-order valence-electron chi connectivity index (χ2n) is 10.8. The molecule has 2 aliphatic rings. The third-order valence-corrected chi connectivity index (χ3v) is 8.15. The number of halogens is 1. The van der Waals surface area contributed by atoms with Crippen molar-refractivity contribution in [2.75, 3.05) is 58.8 Å². The summed E-state index contributed by atoms with van der Waals surface area (Å²) in [6, 6.07) is 12.6. The van der Waals surface area contributed by atoms with Gasteiger partial charge in [0.25, 0.3) is 5.91 Å². The minimum Gasteiger partial charge on any atom is -0.494 e. The Kier molecular flexibility index (Phi) is 9.43. The number of benzene rings is 2. The van der Waals surface area contributed by atoms with Crippen molar-refractivity contribution in [2.24, 2.45) is 5.92 Å². The molecule has 0 spiro atoms. The van der Waals surface area contributed by atoms with Crippen LogP contribution in [0.3, 0.4) is 0 Å². The Labute approximate surface area is 221 Å². The molecule has 37 heavy (non-hydrogen) atoms. The Morgan fingerprint density at radius 1 is 1.05 bits per heavy atom. The van der Waals surface area contributed by atoms with E-state index in [-0.39, 0.29) is 23.7 Å². The summed E-state index contributed by atoms with van der Waals surface area (Å²) >= 11 is 0. The molecule has 2 unspecified atom stereocenters. The highest BCUT2D eigenvalue weighted by atomic mass is 19.1. The predicted molar refractivity (Wildman–Crippen MR) is 146 cm³/mol. The van der Waals surface area contributed by atoms with Crippen molar-refractivity contribution < 1.29 is 19.0 Å². The van der Waals surface area contributed by atoms with Crippen molar-refractivity contribution in [1.82, 2.24) is 9.80 Å². The molecule has 2 atom stereocenters. The number of nitrogens with zero attached hydrogens (tertiary/aromatic N) is 3. The van der Waals surface area contributed by atoms with Gasteiger partial charge in [-0.2, -0.15) is 0 Å². The van der Waals surface area contributed by atoms with Crippen LogP contribution in [0.15, 0.2) is 42.5 Å². The fraction of sp³-hybridized carbons (Fsp3) is 0.567. The van der Waals surface area contributed by atoms with Gasteiger partial charge < -0.3 is 19.6 Å². The molecule has 1 aliphatic carbocycles. The van der Waals surface area contributed by atoms with E-state index in [1.54, 1.807) is 32.2 Å². The number of aliphatic hydroxyl groups excluding tert-OH is 1. The lowest BCUT2D eigenvalue weighted by molar-refractivity contribution is 0.0536. The molecule has 2 aromatic rings. The van der Waals surface area contributed by atoms with E-state index in [1.165, 1.54) is 31.4 Å². The SMILES string of the molecule is COc1cc(F)ccc1N1CCN(CCC(c2ccc(C(=O)N(C)C)cc2)C(O)C2CCCCC2)CC1. The third kappa shape index (κ3) is 6.82. The number of methoxy groups -OCH3 is 1. The number of hydrogen-bond acceptors (Lipinski definition) is 5. The first-order chi connectivity index (χ1) is 17.9. The van der Waals surface area contributed by atoms with Crippen LogP contribution in [0, 0.1) is 11.7 Å². The number of piperazine rings is 1. The number of hydrogen-bond donors (Lipinski definition) is 1. The molecule has 2 fully saturated rings. The molecule has 7 heteroatoms. The van der Waals surface area contributed by atoms with E-state index in [2.05, 4.69) is 9.80 Å². The topological polar surface area (TPSA) is 56.2 Å². The van der Waals surface area contributed by atoms with Crippen molar-refractivity contribution in [2.45, 2.75) is 50.5 Å². The van der Waals surface area contributed by atoms with Crippen LogP contribution in [-0.2, 0) is 0 Å². The lowest BCUT2D eigenvalue weighted by Crippen LogP contribution is -2.47. The van der Waals surface area contributed by atoms with Gasteiger partial charge in [0.05, 0.1) is 18.9 Å². The van der Waals surface area contributed by atoms with Gasteiger partial charge in [-0.25, -0.2) is 4.39 Å². The molecule has 1 amide bonds. The van der Waals surface area contributed by atoms with E-state index >= 15 is 0 Å². The standard InChI is InChI=1S/C30H42FN3O3/c1-32(2)30(36)24-11-9-22(10-12-24)26(29(35)23-7-5-4-6-8-23)15-16-33-17-19-34(20-18-33)27-14-13-25(31)21-28(27)37-3/h9-14,21,23,26,29,35H,4-8,15-20H2,1-3H3. The van der Waals surface area contributed by atoms with E-state index in [0.717, 1.165) is 63.2 Å². The van der Waals surface area contributed by atoms with Crippen LogP contribution in [0.25, 0.3) is 0 Å². The van der Waals surface area contributed by atoms with Crippen molar-refractivity contribution in [3.63, 3.8) is 0 Å². The second-order valence-corrected chi connectivity index (χ2v) is 10.8. The maximum absolute atomic E-state index is 13.6. The van der Waals surface area contributed by atoms with Crippen LogP contribution >= 0.6 is 0 Å². The zero-order valence-corrected chi connectivity index (χ0v) is 22.5. The van der Waals surface area contributed by atoms with Gasteiger partial charge in [0.1, 0.15) is 11.6 Å². The molecule has 1 aliphatic heterocycles. The Morgan fingerprint density at radius 2 is 1.73 bits per heavy atom. The summed E-state index contributed by atoms with van der Waals surface area (Å²) in [5.41, 5.74) is 2.72. The molecule has 0 radical (unpaired) electrons. The molecule has 6 nitrogen and oxygen atoms in total. The number of carbonyl (C=O) groups excluding carboxylic acids is 1. The first-order valence-corrected chi connectivity index (χ1v) is 13.7. The van der Waals surface area contributed by atoms with E-state index in [4.69, 9.17) is 4.74 Å². The first-order valence-electron chi connectivity index (χ1n) is 13.7. The predicted octanol–water partition coefficient (Wildman–Crippen LogP) is 4.77. The Morgan fingerprint density at radius 3 is 2.35 bits per heavy atom. The maximum atomic E-state index is 13.6. The van der Waals surface area contributed by atoms with Gasteiger partial charge in [-0.15, -0.1) is 0 Å². The lowest BCUT2D eigenvalue weighted by atomic mass is 9.77. The number of ether oxygens (including phenoxy) is 1. The molecular weight excluding hydrogens is 469 g/mol. The monoisotopic (exact) mass is 511 g/mol. The fourth-order valence-electron chi connectivity index (χ4n) is 5.92. The summed E-state index contributed by atoms with van der Waals surface area (Å²) in [6.45, 7) is 4.41. The number of aliphatic hydroxyl groups is 1. The summed E-state index contributed by atoms with van der Waals surface area (Å²) in [6.07, 6.45) is 6.33. The second kappa shape index (κ2) is 12.7. The quantitative estimate of drug-likeness (QED) is 0.526. The van der Waals surface area contributed by atoms with Crippen LogP contribution in [0.5, 0.6) is 5.75 Å². The van der Waals surface area contributed by atoms with E-state index in [1.807, 2.05) is 24.3 Å². The lowest BCUT2D eigenvalue weighted by Gasteiger charge is -2.38. The molecule has 1 heterocycles. The molecule has 2 aromatic carbocycles. The smallest absolute Gasteiger partial charge is 0.253 e. The highest BCUT2D eigenvalue weighted by Gasteiger charge is 2.31. The highest BCUT2D eigenvalue weighted by molar-refractivity contribution is 5.93. The largest absolute Gasteiger partial charge is 0.494 e. The van der Waals surface area contributed by atoms with Gasteiger partial charge in [-0.1, -0.05) is 31.4 Å². The molecular formula is C30H42FN3O3. The van der Waals surface area contributed by atoms with Gasteiger partial charge in [0.2, 0.25) is 0 Å². The summed E-state index contributed by atoms with van der Waals surface area (Å²) < 4.78 is 19.0. The minimum absolute atomic E-state index is 0.00779. The van der Waals surface area contributed by atoms with Gasteiger partial charge in [0.15, 0.2) is 0 Å². The number of amides is 1. The molecule has 4 rings (SSSR count). The molecule has 0 aromatic heterocycles. The van der Waals surface area contributed by atoms with Crippen LogP contribution < -0.4 is 9.64 Å². The van der Waals surface area contributed by atoms with E-state index < -0.39 is 0 Å². The van der Waals surface area contributed by atoms with Gasteiger partial charge in [-0.05, 0) is 61.6 Å². The van der Waals surface area contributed by atoms with Crippen molar-refractivity contribution in [1.29, 1.82) is 0 Å². The van der Waals surface area contributed by atoms with Gasteiger partial charge >= 0.3 is 0 Å². The summed E-state index contributed by atoms with van der Waals surface area (Å²) in [7, 11) is 5.10. The van der Waals surface area contributed by atoms with Crippen molar-refractivity contribution in [3.05, 3.63) is 59.4 Å². The van der Waals surface area contributed by atoms with E-state index in [0.29, 0.717) is 17.2 Å². The van der Waals surface area contributed by atoms with Crippen molar-refractivity contribution in [3.8, 4) is 5.75 Å². The van der Waals surface area contributed by atoms with Crippen LogP contribution in [0.4, 0.5) is 10.1 Å². The average Bonchev–Trinajstić information content (AvgIpc) is 2.93. The van der Waals surface area contributed by atoms with Gasteiger partial charge in [0, 0.05) is 57.8 Å². The molecule has 1 N–H and O–H groups in total. The number of anilines is 1. The number of carbonyl (C=O) groups is 1. The summed E-state index contributed by atoms with van der Waals surface area (Å²) in [4.78, 5) is 18.7. The molecule has 202 valence electrons. The zero-order chi connectivity index (χ0) is 26.4. The van der Waals surface area contributed by atoms with Crippen molar-refractivity contribution >= 4 is 11.6 Å². The van der Waals surface area contributed by atoms with E-state index in [9.17, 15) is 14.3 Å². The Bertz CT molecular complexity index is 1020. The van der Waals surface area contributed by atoms with Gasteiger partial charge in [-0.3, -0.25) is 9.69 Å². The number of rotatable bonds is 9. The molecule has 1 saturated heterocycles. The Hall–Kier alpha value is -2.64. The highest BCUT2D eigenvalue weighted by Crippen LogP contribution is 2.36.